The van der Waals surface area contributed by atoms with Crippen LogP contribution in [0.25, 0.3) is 0 Å². The SMILES string of the molecule is C.C.C.C.C=C1N=C(C(C)C)NO1.CC(C)c1cc(=O)[nH]s1.CC(C)c1cc(O)co1.CC(C)c1cocc(O)c1=O.CC(C)c1nn[nH]n1.CC(C)c1ns[nH]c1=O.CNC(=O)C(C)C.CNC(=O)C(C)C. The van der Waals surface area contributed by atoms with Crippen LogP contribution in [0.5, 0.6) is 11.5 Å². The molecule has 5 aromatic heterocycles. The minimum absolute atomic E-state index is 0. The highest BCUT2D eigenvalue weighted by Gasteiger charge is 2.12. The summed E-state index contributed by atoms with van der Waals surface area (Å²) in [6.07, 6.45) is 3.75. The first-order valence-corrected chi connectivity index (χ1v) is 23.9. The monoisotopic (exact) mass is 1070 g/mol. The van der Waals surface area contributed by atoms with Crippen molar-refractivity contribution in [1.82, 2.24) is 49.9 Å². The summed E-state index contributed by atoms with van der Waals surface area (Å²) in [6, 6.07) is 3.28. The number of amides is 2. The first kappa shape index (κ1) is 78.1. The number of carbonyl (C=O) groups is 2. The Morgan fingerprint density at radius 2 is 1.25 bits per heavy atom. The maximum absolute atomic E-state index is 11.1. The van der Waals surface area contributed by atoms with Crippen molar-refractivity contribution >= 4 is 40.9 Å². The lowest BCUT2D eigenvalue weighted by Crippen LogP contribution is -2.22. The third-order valence-corrected chi connectivity index (χ3v) is 10.0. The van der Waals surface area contributed by atoms with Crippen LogP contribution in [-0.2, 0) is 14.4 Å². The van der Waals surface area contributed by atoms with Gasteiger partial charge in [0, 0.05) is 83.9 Å². The van der Waals surface area contributed by atoms with E-state index in [0.29, 0.717) is 40.8 Å². The topological polar surface area (TPSA) is 309 Å². The Balaban J connectivity index is -0.000000175. The predicted molar refractivity (Wildman–Crippen MR) is 300 cm³/mol. The number of H-pyrrole nitrogens is 3. The largest absolute Gasteiger partial charge is 0.505 e. The summed E-state index contributed by atoms with van der Waals surface area (Å²) in [5.41, 5.74) is 3.43. The number of nitrogens with zero attached hydrogens (tertiary/aromatic N) is 5. The molecule has 73 heavy (non-hydrogen) atoms. The lowest BCUT2D eigenvalue weighted by molar-refractivity contribution is -0.124. The predicted octanol–water partition coefficient (Wildman–Crippen LogP) is 10.8. The molecule has 0 atom stereocenters. The molecule has 21 nitrogen and oxygen atoms in total. The third kappa shape index (κ3) is 34.6. The number of amidine groups is 1. The van der Waals surface area contributed by atoms with Crippen LogP contribution < -0.4 is 32.7 Å². The molecule has 1 aliphatic heterocycles. The Morgan fingerprint density at radius 1 is 0.699 bits per heavy atom. The third-order valence-electron chi connectivity index (χ3n) is 8.33. The Labute approximate surface area is 443 Å². The number of nitrogens with one attached hydrogen (secondary N) is 6. The first-order valence-electron chi connectivity index (χ1n) is 22.3. The molecule has 0 saturated heterocycles. The molecular formula is C50H93N11O10S2. The molecule has 0 fully saturated rings. The average molecular weight is 1070 g/mol. The molecule has 0 aromatic carbocycles. The van der Waals surface area contributed by atoms with Gasteiger partial charge in [0.1, 0.15) is 29.8 Å². The molecule has 23 heteroatoms. The molecule has 420 valence electrons. The normalized spacial score (nSPS) is 10.5. The molecule has 1 aliphatic rings. The van der Waals surface area contributed by atoms with Gasteiger partial charge in [0.2, 0.25) is 23.1 Å². The summed E-state index contributed by atoms with van der Waals surface area (Å²) < 4.78 is 18.8. The second-order valence-corrected chi connectivity index (χ2v) is 18.6. The van der Waals surface area contributed by atoms with E-state index >= 15 is 0 Å². The zero-order valence-corrected chi connectivity index (χ0v) is 45.1. The van der Waals surface area contributed by atoms with Gasteiger partial charge in [0.15, 0.2) is 17.3 Å². The summed E-state index contributed by atoms with van der Waals surface area (Å²) in [7, 11) is 3.28. The molecule has 0 bridgehead atoms. The number of hydroxylamine groups is 1. The lowest BCUT2D eigenvalue weighted by Gasteiger charge is -2.01. The number of aromatic hydroxyl groups is 2. The van der Waals surface area contributed by atoms with Gasteiger partial charge in [0.05, 0.1) is 6.26 Å². The molecule has 6 rings (SSSR count). The minimum Gasteiger partial charge on any atom is -0.505 e. The van der Waals surface area contributed by atoms with Gasteiger partial charge in [-0.2, -0.15) is 14.6 Å². The Kier molecular flexibility index (Phi) is 45.1. The Hall–Kier alpha value is -6.36. The highest BCUT2D eigenvalue weighted by Crippen LogP contribution is 2.21. The fourth-order valence-corrected chi connectivity index (χ4v) is 5.46. The Morgan fingerprint density at radius 3 is 1.45 bits per heavy atom. The van der Waals surface area contributed by atoms with Crippen molar-refractivity contribution < 1.29 is 33.5 Å². The van der Waals surface area contributed by atoms with E-state index in [4.69, 9.17) is 23.9 Å². The maximum atomic E-state index is 11.1. The Bertz CT molecular complexity index is 2350. The van der Waals surface area contributed by atoms with Crippen LogP contribution >= 0.6 is 23.3 Å². The van der Waals surface area contributed by atoms with Crippen molar-refractivity contribution in [1.29, 1.82) is 0 Å². The van der Waals surface area contributed by atoms with Crippen molar-refractivity contribution in [3.8, 4) is 11.5 Å². The van der Waals surface area contributed by atoms with Gasteiger partial charge in [0.25, 0.3) is 11.1 Å². The van der Waals surface area contributed by atoms with E-state index in [2.05, 4.69) is 75.3 Å². The molecule has 2 amide bonds. The molecular weight excluding hydrogens is 979 g/mol. The number of rotatable bonds is 8. The smallest absolute Gasteiger partial charge is 0.281 e. The molecule has 0 spiro atoms. The van der Waals surface area contributed by atoms with Crippen LogP contribution in [0.15, 0.2) is 71.6 Å². The fourth-order valence-electron chi connectivity index (χ4n) is 4.16. The van der Waals surface area contributed by atoms with Crippen LogP contribution in [0.4, 0.5) is 0 Å². The van der Waals surface area contributed by atoms with E-state index < -0.39 is 0 Å². The van der Waals surface area contributed by atoms with Gasteiger partial charge in [-0.25, -0.2) is 5.48 Å². The summed E-state index contributed by atoms with van der Waals surface area (Å²) in [5.74, 6) is 5.08. The number of tetrazole rings is 1. The number of aromatic nitrogens is 7. The molecule has 0 unspecified atom stereocenters. The van der Waals surface area contributed by atoms with E-state index in [1.807, 2.05) is 96.9 Å². The van der Waals surface area contributed by atoms with Crippen LogP contribution in [0.1, 0.15) is 198 Å². The van der Waals surface area contributed by atoms with Crippen LogP contribution in [0, 0.1) is 17.8 Å². The second kappa shape index (κ2) is 42.2. The van der Waals surface area contributed by atoms with Crippen molar-refractivity contribution in [2.45, 2.75) is 170 Å². The van der Waals surface area contributed by atoms with Gasteiger partial charge in [-0.1, -0.05) is 157 Å². The molecule has 6 heterocycles. The van der Waals surface area contributed by atoms with E-state index in [-0.39, 0.29) is 93.2 Å². The molecule has 0 aliphatic carbocycles. The molecule has 0 saturated carbocycles. The van der Waals surface area contributed by atoms with Crippen LogP contribution in [0.3, 0.4) is 0 Å². The highest BCUT2D eigenvalue weighted by molar-refractivity contribution is 7.05. The van der Waals surface area contributed by atoms with E-state index in [1.165, 1.54) is 24.1 Å². The summed E-state index contributed by atoms with van der Waals surface area (Å²) in [4.78, 5) is 63.1. The van der Waals surface area contributed by atoms with Crippen molar-refractivity contribution in [3.63, 3.8) is 0 Å². The number of hydrogen-bond acceptors (Lipinski definition) is 18. The number of aliphatic imine (C=N–C) groups is 1. The van der Waals surface area contributed by atoms with E-state index in [0.717, 1.165) is 40.3 Å². The van der Waals surface area contributed by atoms with E-state index in [1.54, 1.807) is 26.2 Å². The van der Waals surface area contributed by atoms with Crippen molar-refractivity contribution in [3.05, 3.63) is 102 Å². The zero-order chi connectivity index (χ0) is 53.6. The molecule has 5 aromatic rings. The number of carbonyl (C=O) groups excluding carboxylic acids is 2. The standard InChI is InChI=1S/C8H10O3.C7H10O2.C6H10N2O.C6H9NOS.C5H8N2OS.2C5H11NO.C4H8N4.4CH4/c1-5(2)6-3-11-4-7(9)8(6)10;1-5(2)7-3-6(8)4-9-7;1-4(2)6-7-5(3)9-8-6;1-4(2)5-3-6(8)7-9-5;1-3(2)4-5(8)7-9-6-4;2*1-4(2)5(7)6-3;1-3(2)4-5-7-8-6-4;;;;/h3-5,9H,1-2H3;3-5,8H,1-2H3;4H,3H2,1-2H3,(H,7,8);3-4H,1-2H3,(H,7,8);3H,1-2H3,(H,7,8);2*4H,1-3H3,(H,6,7);3H,1-2H3,(H,5,6,7,8);4*1H4. The first-order chi connectivity index (χ1) is 32.1. The van der Waals surface area contributed by atoms with Crippen molar-refractivity contribution in [2.75, 3.05) is 14.1 Å². The number of hydrogen-bond donors (Lipinski definition) is 8. The van der Waals surface area contributed by atoms with E-state index in [9.17, 15) is 24.0 Å². The summed E-state index contributed by atoms with van der Waals surface area (Å²) >= 11 is 2.53. The summed E-state index contributed by atoms with van der Waals surface area (Å²) in [6.45, 7) is 34.9. The quantitative estimate of drug-likeness (QED) is 0.0716. The summed E-state index contributed by atoms with van der Waals surface area (Å²) in [5, 5.41) is 36.1. The van der Waals surface area contributed by atoms with Crippen LogP contribution in [-0.4, -0.2) is 75.7 Å². The fraction of sp³-hybridized carbons (Fsp3) is 0.600. The minimum atomic E-state index is -0.341. The second-order valence-electron chi connectivity index (χ2n) is 17.2. The van der Waals surface area contributed by atoms with Crippen LogP contribution in [0.2, 0.25) is 0 Å². The number of furan rings is 1. The molecule has 8 N–H and O–H groups in total. The average Bonchev–Trinajstić information content (AvgIpc) is 4.15. The maximum Gasteiger partial charge on any atom is 0.281 e. The van der Waals surface area contributed by atoms with Gasteiger partial charge in [-0.05, 0) is 18.4 Å². The van der Waals surface area contributed by atoms with Gasteiger partial charge in [-0.3, -0.25) is 32.7 Å². The van der Waals surface area contributed by atoms with Gasteiger partial charge < -0.3 is 34.5 Å². The zero-order valence-electron chi connectivity index (χ0n) is 43.4. The lowest BCUT2D eigenvalue weighted by atomic mass is 10.1. The number of aromatic amines is 3. The van der Waals surface area contributed by atoms with Crippen molar-refractivity contribution in [2.24, 2.45) is 22.7 Å². The van der Waals surface area contributed by atoms with Gasteiger partial charge in [-0.15, -0.1) is 10.2 Å². The highest BCUT2D eigenvalue weighted by atomic mass is 32.1. The molecule has 0 radical (unpaired) electrons. The van der Waals surface area contributed by atoms with Gasteiger partial charge >= 0.3 is 0 Å².